The van der Waals surface area contributed by atoms with Gasteiger partial charge in [-0.25, -0.2) is 0 Å². The predicted octanol–water partition coefficient (Wildman–Crippen LogP) is 1.01. The van der Waals surface area contributed by atoms with Gasteiger partial charge in [0.05, 0.1) is 6.54 Å². The lowest BCUT2D eigenvalue weighted by Crippen LogP contribution is -2.22. The number of rotatable bonds is 3. The van der Waals surface area contributed by atoms with Crippen molar-refractivity contribution in [2.45, 2.75) is 6.54 Å². The van der Waals surface area contributed by atoms with Crippen molar-refractivity contribution >= 4 is 17.2 Å². The maximum atomic E-state index is 11.9. The molecule has 2 aromatic rings. The number of aliphatic hydroxyl groups excluding tert-OH is 1. The van der Waals surface area contributed by atoms with Gasteiger partial charge in [0.15, 0.2) is 0 Å². The molecule has 0 fully saturated rings. The molecule has 2 rings (SSSR count). The second-order valence-corrected chi connectivity index (χ2v) is 4.21. The smallest absolute Gasteiger partial charge is 0.262 e. The van der Waals surface area contributed by atoms with E-state index in [-0.39, 0.29) is 12.5 Å². The van der Waals surface area contributed by atoms with Crippen molar-refractivity contribution in [2.75, 3.05) is 6.61 Å². The zero-order chi connectivity index (χ0) is 12.8. The fourth-order valence-corrected chi connectivity index (χ4v) is 2.06. The number of thiophene rings is 1. The van der Waals surface area contributed by atoms with Crippen LogP contribution in [-0.4, -0.2) is 22.8 Å². The second-order valence-electron chi connectivity index (χ2n) is 3.30. The number of aromatic nitrogens is 1. The van der Waals surface area contributed by atoms with E-state index in [1.165, 1.54) is 17.6 Å². The molecule has 2 aromatic heterocycles. The van der Waals surface area contributed by atoms with Crippen LogP contribution in [0, 0.1) is 11.8 Å². The number of nitrogens with one attached hydrogen (secondary N) is 1. The maximum absolute atomic E-state index is 11.9. The first-order chi connectivity index (χ1) is 8.81. The van der Waals surface area contributed by atoms with E-state index in [0.717, 1.165) is 0 Å². The Kier molecular flexibility index (Phi) is 4.12. The van der Waals surface area contributed by atoms with Crippen molar-refractivity contribution in [3.63, 3.8) is 0 Å². The van der Waals surface area contributed by atoms with E-state index in [1.54, 1.807) is 17.5 Å². The van der Waals surface area contributed by atoms with E-state index in [9.17, 15) is 4.79 Å². The standard InChI is InChI=1S/C12H10N2O3S/c15-5-1-2-9-4-7-18-11(9)12(16)13-8-10-3-6-17-14-10/h3-4,6-7,15H,5,8H2,(H,13,16). The van der Waals surface area contributed by atoms with Crippen LogP contribution in [0.15, 0.2) is 28.3 Å². The minimum absolute atomic E-state index is 0.213. The molecule has 0 aliphatic rings. The summed E-state index contributed by atoms with van der Waals surface area (Å²) in [7, 11) is 0. The number of nitrogens with zero attached hydrogens (tertiary/aromatic N) is 1. The predicted molar refractivity (Wildman–Crippen MR) is 66.0 cm³/mol. The number of hydrogen-bond acceptors (Lipinski definition) is 5. The minimum Gasteiger partial charge on any atom is -0.384 e. The van der Waals surface area contributed by atoms with E-state index >= 15 is 0 Å². The molecule has 0 aliphatic carbocycles. The first kappa shape index (κ1) is 12.4. The number of carbonyl (C=O) groups is 1. The van der Waals surface area contributed by atoms with Crippen molar-refractivity contribution in [1.29, 1.82) is 0 Å². The molecule has 0 spiro atoms. The van der Waals surface area contributed by atoms with Crippen LogP contribution in [0.25, 0.3) is 0 Å². The molecule has 1 amide bonds. The van der Waals surface area contributed by atoms with Crippen LogP contribution in [0.3, 0.4) is 0 Å². The topological polar surface area (TPSA) is 75.4 Å². The van der Waals surface area contributed by atoms with Crippen LogP contribution in [0.2, 0.25) is 0 Å². The Balaban J connectivity index is 2.02. The van der Waals surface area contributed by atoms with Crippen LogP contribution in [0.5, 0.6) is 0 Å². The molecule has 2 N–H and O–H groups in total. The maximum Gasteiger partial charge on any atom is 0.262 e. The largest absolute Gasteiger partial charge is 0.384 e. The van der Waals surface area contributed by atoms with Gasteiger partial charge in [-0.1, -0.05) is 17.0 Å². The van der Waals surface area contributed by atoms with Crippen LogP contribution < -0.4 is 5.32 Å². The molecule has 0 aromatic carbocycles. The summed E-state index contributed by atoms with van der Waals surface area (Å²) >= 11 is 1.31. The Bertz CT molecular complexity index is 578. The normalized spacial score (nSPS) is 9.61. The second kappa shape index (κ2) is 6.00. The Morgan fingerprint density at radius 2 is 2.44 bits per heavy atom. The van der Waals surface area contributed by atoms with Crippen LogP contribution in [0.4, 0.5) is 0 Å². The Morgan fingerprint density at radius 3 is 3.17 bits per heavy atom. The third kappa shape index (κ3) is 2.97. The van der Waals surface area contributed by atoms with Gasteiger partial charge in [0.25, 0.3) is 5.91 Å². The SMILES string of the molecule is O=C(NCc1ccon1)c1sccc1C#CCO. The zero-order valence-electron chi connectivity index (χ0n) is 9.34. The molecular formula is C12H10N2O3S. The van der Waals surface area contributed by atoms with Gasteiger partial charge >= 0.3 is 0 Å². The number of amides is 1. The third-order valence-corrected chi connectivity index (χ3v) is 3.01. The molecule has 6 heteroatoms. The molecule has 0 saturated carbocycles. The van der Waals surface area contributed by atoms with E-state index in [4.69, 9.17) is 5.11 Å². The lowest BCUT2D eigenvalue weighted by Gasteiger charge is -2.00. The van der Waals surface area contributed by atoms with E-state index in [1.807, 2.05) is 0 Å². The molecule has 5 nitrogen and oxygen atoms in total. The van der Waals surface area contributed by atoms with E-state index in [2.05, 4.69) is 26.8 Å². The van der Waals surface area contributed by atoms with Gasteiger partial charge in [0.1, 0.15) is 23.4 Å². The summed E-state index contributed by atoms with van der Waals surface area (Å²) in [6, 6.07) is 3.43. The third-order valence-electron chi connectivity index (χ3n) is 2.09. The molecule has 0 unspecified atom stereocenters. The summed E-state index contributed by atoms with van der Waals surface area (Å²) in [4.78, 5) is 12.4. The van der Waals surface area contributed by atoms with Gasteiger partial charge in [-0.05, 0) is 11.4 Å². The number of hydrogen-bond donors (Lipinski definition) is 2. The lowest BCUT2D eigenvalue weighted by atomic mass is 10.2. The van der Waals surface area contributed by atoms with Gasteiger partial charge in [0, 0.05) is 11.6 Å². The Labute approximate surface area is 107 Å². The average Bonchev–Trinajstić information content (AvgIpc) is 3.04. The van der Waals surface area contributed by atoms with Crippen molar-refractivity contribution < 1.29 is 14.4 Å². The van der Waals surface area contributed by atoms with Gasteiger partial charge in [0.2, 0.25) is 0 Å². The first-order valence-electron chi connectivity index (χ1n) is 5.16. The van der Waals surface area contributed by atoms with Crippen molar-refractivity contribution in [3.05, 3.63) is 39.9 Å². The summed E-state index contributed by atoms with van der Waals surface area (Å²) in [5.41, 5.74) is 1.27. The molecule has 0 radical (unpaired) electrons. The minimum atomic E-state index is -0.226. The van der Waals surface area contributed by atoms with E-state index < -0.39 is 0 Å². The molecule has 18 heavy (non-hydrogen) atoms. The van der Waals surface area contributed by atoms with Gasteiger partial charge in [-0.2, -0.15) is 0 Å². The lowest BCUT2D eigenvalue weighted by molar-refractivity contribution is 0.0954. The quantitative estimate of drug-likeness (QED) is 0.809. The molecule has 0 saturated heterocycles. The first-order valence-corrected chi connectivity index (χ1v) is 6.04. The zero-order valence-corrected chi connectivity index (χ0v) is 10.2. The Hall–Kier alpha value is -2.10. The van der Waals surface area contributed by atoms with Crippen molar-refractivity contribution in [2.24, 2.45) is 0 Å². The molecule has 0 bridgehead atoms. The molecule has 0 atom stereocenters. The molecule has 92 valence electrons. The summed E-state index contributed by atoms with van der Waals surface area (Å²) in [6.07, 6.45) is 1.45. The van der Waals surface area contributed by atoms with Gasteiger partial charge < -0.3 is 14.9 Å². The fourth-order valence-electron chi connectivity index (χ4n) is 1.30. The summed E-state index contributed by atoms with van der Waals surface area (Å²) in [5.74, 6) is 5.04. The van der Waals surface area contributed by atoms with Crippen LogP contribution in [0.1, 0.15) is 20.9 Å². The number of aliphatic hydroxyl groups is 1. The highest BCUT2D eigenvalue weighted by Crippen LogP contribution is 2.15. The highest BCUT2D eigenvalue weighted by molar-refractivity contribution is 7.12. The van der Waals surface area contributed by atoms with Crippen molar-refractivity contribution in [1.82, 2.24) is 10.5 Å². The van der Waals surface area contributed by atoms with Gasteiger partial charge in [-0.15, -0.1) is 11.3 Å². The molecule has 0 aliphatic heterocycles. The fraction of sp³-hybridized carbons (Fsp3) is 0.167. The van der Waals surface area contributed by atoms with Gasteiger partial charge in [-0.3, -0.25) is 4.79 Å². The summed E-state index contributed by atoms with van der Waals surface area (Å²) in [5, 5.41) is 16.8. The van der Waals surface area contributed by atoms with E-state index in [0.29, 0.717) is 22.7 Å². The Morgan fingerprint density at radius 1 is 1.56 bits per heavy atom. The highest BCUT2D eigenvalue weighted by atomic mass is 32.1. The van der Waals surface area contributed by atoms with Crippen LogP contribution in [-0.2, 0) is 6.54 Å². The highest BCUT2D eigenvalue weighted by Gasteiger charge is 2.11. The molecule has 2 heterocycles. The average molecular weight is 262 g/mol. The monoisotopic (exact) mass is 262 g/mol. The summed E-state index contributed by atoms with van der Waals surface area (Å²) < 4.78 is 4.67. The number of carbonyl (C=O) groups excluding carboxylic acids is 1. The molecular weight excluding hydrogens is 252 g/mol. The van der Waals surface area contributed by atoms with Crippen LogP contribution >= 0.6 is 11.3 Å². The summed E-state index contributed by atoms with van der Waals surface area (Å²) in [6.45, 7) is 0.0793. The van der Waals surface area contributed by atoms with Crippen molar-refractivity contribution in [3.8, 4) is 11.8 Å².